The highest BCUT2D eigenvalue weighted by molar-refractivity contribution is 6.01. The Balaban J connectivity index is 1.41. The molecule has 1 aromatic carbocycles. The predicted octanol–water partition coefficient (Wildman–Crippen LogP) is 1.78. The SMILES string of the molecule is COc1ccc(CCNC(=O)c2cc3n(n2)C[C@](C)(C(=O)NC2CCCC2)N(C)C3=O)cc1OC. The number of rotatable bonds is 8. The Morgan fingerprint density at radius 3 is 2.54 bits per heavy atom. The summed E-state index contributed by atoms with van der Waals surface area (Å²) in [7, 11) is 4.78. The number of nitrogens with zero attached hydrogens (tertiary/aromatic N) is 3. The summed E-state index contributed by atoms with van der Waals surface area (Å²) in [5.41, 5.74) is 0.339. The Morgan fingerprint density at radius 1 is 1.14 bits per heavy atom. The Labute approximate surface area is 204 Å². The molecule has 0 saturated heterocycles. The van der Waals surface area contributed by atoms with Crippen LogP contribution in [0.15, 0.2) is 24.3 Å². The summed E-state index contributed by atoms with van der Waals surface area (Å²) in [6, 6.07) is 7.23. The lowest BCUT2D eigenvalue weighted by molar-refractivity contribution is -0.133. The molecule has 1 aliphatic heterocycles. The van der Waals surface area contributed by atoms with E-state index in [1.165, 1.54) is 15.6 Å². The normalized spacial score (nSPS) is 19.9. The number of ether oxygens (including phenoxy) is 2. The van der Waals surface area contributed by atoms with Gasteiger partial charge in [-0.15, -0.1) is 0 Å². The molecule has 2 heterocycles. The summed E-state index contributed by atoms with van der Waals surface area (Å²) in [4.78, 5) is 40.4. The van der Waals surface area contributed by atoms with Gasteiger partial charge >= 0.3 is 0 Å². The van der Waals surface area contributed by atoms with E-state index >= 15 is 0 Å². The van der Waals surface area contributed by atoms with Crippen LogP contribution >= 0.6 is 0 Å². The number of methoxy groups -OCH3 is 2. The highest BCUT2D eigenvalue weighted by atomic mass is 16.5. The number of hydrogen-bond acceptors (Lipinski definition) is 6. The first kappa shape index (κ1) is 24.6. The van der Waals surface area contributed by atoms with E-state index in [9.17, 15) is 14.4 Å². The van der Waals surface area contributed by atoms with Crippen molar-refractivity contribution in [2.45, 2.75) is 57.2 Å². The zero-order valence-electron chi connectivity index (χ0n) is 20.7. The van der Waals surface area contributed by atoms with Crippen molar-refractivity contribution >= 4 is 17.7 Å². The minimum Gasteiger partial charge on any atom is -0.493 e. The molecule has 0 radical (unpaired) electrons. The maximum absolute atomic E-state index is 13.1. The van der Waals surface area contributed by atoms with E-state index in [1.54, 1.807) is 28.2 Å². The number of carbonyl (C=O) groups is 3. The lowest BCUT2D eigenvalue weighted by Gasteiger charge is -2.41. The van der Waals surface area contributed by atoms with E-state index in [0.29, 0.717) is 30.2 Å². The molecule has 2 N–H and O–H groups in total. The van der Waals surface area contributed by atoms with Crippen molar-refractivity contribution in [3.63, 3.8) is 0 Å². The summed E-state index contributed by atoms with van der Waals surface area (Å²) in [6.07, 6.45) is 4.70. The molecular formula is C25H33N5O5. The summed E-state index contributed by atoms with van der Waals surface area (Å²) in [5, 5.41) is 10.3. The number of benzene rings is 1. The van der Waals surface area contributed by atoms with Crippen molar-refractivity contribution in [1.82, 2.24) is 25.3 Å². The average molecular weight is 484 g/mol. The third-order valence-corrected chi connectivity index (χ3v) is 7.06. The smallest absolute Gasteiger partial charge is 0.272 e. The van der Waals surface area contributed by atoms with E-state index in [2.05, 4.69) is 15.7 Å². The van der Waals surface area contributed by atoms with Gasteiger partial charge in [-0.3, -0.25) is 19.1 Å². The molecule has 1 aliphatic carbocycles. The van der Waals surface area contributed by atoms with Gasteiger partial charge in [-0.25, -0.2) is 0 Å². The minimum absolute atomic E-state index is 0.147. The van der Waals surface area contributed by atoms with Gasteiger partial charge in [0.05, 0.1) is 20.8 Å². The van der Waals surface area contributed by atoms with Gasteiger partial charge in [-0.2, -0.15) is 5.10 Å². The summed E-state index contributed by atoms with van der Waals surface area (Å²) in [5.74, 6) is 0.364. The fourth-order valence-corrected chi connectivity index (χ4v) is 4.70. The van der Waals surface area contributed by atoms with Crippen LogP contribution in [0, 0.1) is 0 Å². The number of carbonyl (C=O) groups excluding carboxylic acids is 3. The highest BCUT2D eigenvalue weighted by Gasteiger charge is 2.46. The Hall–Kier alpha value is -3.56. The van der Waals surface area contributed by atoms with Crippen molar-refractivity contribution in [1.29, 1.82) is 0 Å². The quantitative estimate of drug-likeness (QED) is 0.592. The monoisotopic (exact) mass is 483 g/mol. The number of nitrogens with one attached hydrogen (secondary N) is 2. The van der Waals surface area contributed by atoms with Crippen molar-refractivity contribution in [2.75, 3.05) is 27.8 Å². The average Bonchev–Trinajstić information content (AvgIpc) is 3.52. The lowest BCUT2D eigenvalue weighted by Crippen LogP contribution is -2.63. The van der Waals surface area contributed by atoms with E-state index in [0.717, 1.165) is 31.2 Å². The molecule has 2 aliphatic rings. The first-order valence-corrected chi connectivity index (χ1v) is 11.9. The van der Waals surface area contributed by atoms with Gasteiger partial charge in [0, 0.05) is 25.7 Å². The maximum atomic E-state index is 13.1. The summed E-state index contributed by atoms with van der Waals surface area (Å²) >= 11 is 0. The Kier molecular flexibility index (Phi) is 7.00. The zero-order chi connectivity index (χ0) is 25.2. The zero-order valence-corrected chi connectivity index (χ0v) is 20.7. The fourth-order valence-electron chi connectivity index (χ4n) is 4.70. The molecule has 1 saturated carbocycles. The van der Waals surface area contributed by atoms with Crippen LogP contribution in [-0.4, -0.2) is 71.8 Å². The van der Waals surface area contributed by atoms with E-state index < -0.39 is 5.54 Å². The van der Waals surface area contributed by atoms with E-state index in [-0.39, 0.29) is 36.0 Å². The molecule has 35 heavy (non-hydrogen) atoms. The second kappa shape index (κ2) is 9.97. The Bertz CT molecular complexity index is 1120. The van der Waals surface area contributed by atoms with E-state index in [1.807, 2.05) is 18.2 Å². The molecular weight excluding hydrogens is 450 g/mol. The fraction of sp³-hybridized carbons (Fsp3) is 0.520. The standard InChI is InChI=1S/C25H33N5O5/c1-25(24(33)27-17-7-5-6-8-17)15-30-19(23(32)29(25)2)14-18(28-30)22(31)26-12-11-16-9-10-20(34-3)21(13-16)35-4/h9-10,13-14,17H,5-8,11-12,15H2,1-4H3,(H,26,31)(H,27,33)/t25-/m1/s1. The van der Waals surface area contributed by atoms with Gasteiger partial charge in [-0.1, -0.05) is 18.9 Å². The van der Waals surface area contributed by atoms with Crippen molar-refractivity contribution in [3.8, 4) is 11.5 Å². The predicted molar refractivity (Wildman–Crippen MR) is 129 cm³/mol. The summed E-state index contributed by atoms with van der Waals surface area (Å²) < 4.78 is 12.0. The molecule has 10 nitrogen and oxygen atoms in total. The maximum Gasteiger partial charge on any atom is 0.272 e. The number of amides is 3. The highest BCUT2D eigenvalue weighted by Crippen LogP contribution is 2.28. The van der Waals surface area contributed by atoms with Crippen LogP contribution in [-0.2, 0) is 17.8 Å². The molecule has 188 valence electrons. The largest absolute Gasteiger partial charge is 0.493 e. The first-order chi connectivity index (χ1) is 16.8. The number of aromatic nitrogens is 2. The van der Waals surface area contributed by atoms with Crippen LogP contribution < -0.4 is 20.1 Å². The van der Waals surface area contributed by atoms with Crippen molar-refractivity contribution < 1.29 is 23.9 Å². The van der Waals surface area contributed by atoms with Gasteiger partial charge in [0.1, 0.15) is 11.2 Å². The molecule has 4 rings (SSSR count). The van der Waals surface area contributed by atoms with Crippen LogP contribution in [0.1, 0.15) is 59.1 Å². The van der Waals surface area contributed by atoms with Crippen LogP contribution in [0.3, 0.4) is 0 Å². The molecule has 1 aromatic heterocycles. The van der Waals surface area contributed by atoms with Crippen LogP contribution in [0.5, 0.6) is 11.5 Å². The van der Waals surface area contributed by atoms with Crippen LogP contribution in [0.4, 0.5) is 0 Å². The van der Waals surface area contributed by atoms with Gasteiger partial charge < -0.3 is 25.0 Å². The number of hydrogen-bond donors (Lipinski definition) is 2. The third-order valence-electron chi connectivity index (χ3n) is 7.06. The second-order valence-electron chi connectivity index (χ2n) is 9.36. The molecule has 10 heteroatoms. The van der Waals surface area contributed by atoms with Gasteiger partial charge in [0.15, 0.2) is 17.2 Å². The molecule has 3 amide bonds. The second-order valence-corrected chi connectivity index (χ2v) is 9.36. The topological polar surface area (TPSA) is 115 Å². The Morgan fingerprint density at radius 2 is 1.86 bits per heavy atom. The molecule has 1 atom stereocenters. The molecule has 1 fully saturated rings. The lowest BCUT2D eigenvalue weighted by atomic mass is 9.95. The molecule has 0 bridgehead atoms. The summed E-state index contributed by atoms with van der Waals surface area (Å²) in [6.45, 7) is 2.30. The van der Waals surface area contributed by atoms with Crippen LogP contribution in [0.25, 0.3) is 0 Å². The van der Waals surface area contributed by atoms with E-state index in [4.69, 9.17) is 9.47 Å². The van der Waals surface area contributed by atoms with Crippen molar-refractivity contribution in [2.24, 2.45) is 0 Å². The third kappa shape index (κ3) is 4.82. The minimum atomic E-state index is -1.08. The molecule has 0 unspecified atom stereocenters. The first-order valence-electron chi connectivity index (χ1n) is 11.9. The van der Waals surface area contributed by atoms with Gasteiger partial charge in [-0.05, 0) is 43.9 Å². The number of likely N-dealkylation sites (N-methyl/N-ethyl adjacent to an activating group) is 1. The number of fused-ring (bicyclic) bond motifs is 1. The van der Waals surface area contributed by atoms with Crippen LogP contribution in [0.2, 0.25) is 0 Å². The molecule has 0 spiro atoms. The van der Waals surface area contributed by atoms with Crippen molar-refractivity contribution in [3.05, 3.63) is 41.2 Å². The molecule has 2 aromatic rings. The van der Waals surface area contributed by atoms with Gasteiger partial charge in [0.25, 0.3) is 11.8 Å². The van der Waals surface area contributed by atoms with Gasteiger partial charge in [0.2, 0.25) is 5.91 Å².